The van der Waals surface area contributed by atoms with Gasteiger partial charge in [0, 0.05) is 5.69 Å². The fourth-order valence-corrected chi connectivity index (χ4v) is 2.67. The van der Waals surface area contributed by atoms with Crippen molar-refractivity contribution in [3.8, 4) is 0 Å². The van der Waals surface area contributed by atoms with Gasteiger partial charge < -0.3 is 9.73 Å². The summed E-state index contributed by atoms with van der Waals surface area (Å²) in [6, 6.07) is 7.85. The number of nitrogens with one attached hydrogen (secondary N) is 1. The summed E-state index contributed by atoms with van der Waals surface area (Å²) in [7, 11) is 0. The van der Waals surface area contributed by atoms with Crippen LogP contribution in [0.3, 0.4) is 0 Å². The summed E-state index contributed by atoms with van der Waals surface area (Å²) in [6.07, 6.45) is 1.57. The lowest BCUT2D eigenvalue weighted by atomic mass is 10.2. The fourth-order valence-electron chi connectivity index (χ4n) is 1.99. The van der Waals surface area contributed by atoms with Crippen molar-refractivity contribution in [2.75, 3.05) is 11.1 Å². The Kier molecular flexibility index (Phi) is 4.90. The first-order chi connectivity index (χ1) is 11.6. The third-order valence-electron chi connectivity index (χ3n) is 3.19. The van der Waals surface area contributed by atoms with Gasteiger partial charge in [0.2, 0.25) is 11.1 Å². The summed E-state index contributed by atoms with van der Waals surface area (Å²) in [6.45, 7) is 2.18. The third-order valence-corrected chi connectivity index (χ3v) is 4.15. The molecule has 124 valence electrons. The lowest BCUT2D eigenvalue weighted by molar-refractivity contribution is -0.113. The van der Waals surface area contributed by atoms with Crippen LogP contribution in [-0.4, -0.2) is 31.9 Å². The molecule has 0 bridgehead atoms. The van der Waals surface area contributed by atoms with Crippen molar-refractivity contribution in [2.24, 2.45) is 0 Å². The van der Waals surface area contributed by atoms with Gasteiger partial charge in [-0.15, -0.1) is 5.10 Å². The molecule has 0 aliphatic heterocycles. The molecular formula is C15H14FN5O2S. The normalized spacial score (nSPS) is 10.8. The maximum absolute atomic E-state index is 13.2. The van der Waals surface area contributed by atoms with Crippen molar-refractivity contribution in [3.63, 3.8) is 0 Å². The molecular weight excluding hydrogens is 333 g/mol. The molecule has 0 aliphatic rings. The van der Waals surface area contributed by atoms with Gasteiger partial charge in [0.25, 0.3) is 0 Å². The van der Waals surface area contributed by atoms with Crippen molar-refractivity contribution in [1.29, 1.82) is 0 Å². The van der Waals surface area contributed by atoms with Crippen molar-refractivity contribution in [2.45, 2.75) is 18.6 Å². The minimum Gasteiger partial charge on any atom is -0.467 e. The van der Waals surface area contributed by atoms with Crippen LogP contribution in [0.4, 0.5) is 10.1 Å². The number of aryl methyl sites for hydroxylation is 1. The van der Waals surface area contributed by atoms with Gasteiger partial charge in [-0.25, -0.2) is 9.07 Å². The van der Waals surface area contributed by atoms with E-state index in [1.165, 1.54) is 23.9 Å². The van der Waals surface area contributed by atoms with Crippen LogP contribution < -0.4 is 5.32 Å². The Morgan fingerprint density at radius 3 is 3.08 bits per heavy atom. The second-order valence-electron chi connectivity index (χ2n) is 4.99. The molecule has 24 heavy (non-hydrogen) atoms. The van der Waals surface area contributed by atoms with E-state index < -0.39 is 5.82 Å². The van der Waals surface area contributed by atoms with E-state index in [4.69, 9.17) is 4.42 Å². The molecule has 1 N–H and O–H groups in total. The maximum Gasteiger partial charge on any atom is 0.234 e. The molecule has 0 saturated carbocycles. The van der Waals surface area contributed by atoms with Crippen LogP contribution in [0.25, 0.3) is 0 Å². The number of amides is 1. The lowest BCUT2D eigenvalue weighted by Gasteiger charge is -2.08. The molecule has 0 spiro atoms. The van der Waals surface area contributed by atoms with Crippen LogP contribution in [0.1, 0.15) is 11.3 Å². The highest BCUT2D eigenvalue weighted by molar-refractivity contribution is 7.99. The van der Waals surface area contributed by atoms with Gasteiger partial charge >= 0.3 is 0 Å². The zero-order valence-corrected chi connectivity index (χ0v) is 13.6. The number of rotatable bonds is 6. The highest BCUT2D eigenvalue weighted by Crippen LogP contribution is 2.18. The molecule has 0 saturated heterocycles. The van der Waals surface area contributed by atoms with Crippen molar-refractivity contribution >= 4 is 23.4 Å². The Bertz CT molecular complexity index is 834. The van der Waals surface area contributed by atoms with E-state index in [1.807, 2.05) is 6.07 Å². The fraction of sp³-hybridized carbons (Fsp3) is 0.200. The largest absolute Gasteiger partial charge is 0.467 e. The van der Waals surface area contributed by atoms with E-state index in [0.717, 1.165) is 5.56 Å². The Hall–Kier alpha value is -2.68. The number of benzene rings is 1. The summed E-state index contributed by atoms with van der Waals surface area (Å²) in [5.74, 6) is 0.158. The molecule has 0 radical (unpaired) electrons. The van der Waals surface area contributed by atoms with Crippen molar-refractivity contribution < 1.29 is 13.6 Å². The first-order valence-corrected chi connectivity index (χ1v) is 8.08. The number of thioether (sulfide) groups is 1. The van der Waals surface area contributed by atoms with Crippen LogP contribution in [0.15, 0.2) is 46.2 Å². The topological polar surface area (TPSA) is 85.8 Å². The molecule has 1 amide bonds. The number of nitrogens with zero attached hydrogens (tertiary/aromatic N) is 4. The number of anilines is 1. The third kappa shape index (κ3) is 3.99. The number of hydrogen-bond acceptors (Lipinski definition) is 6. The number of carbonyl (C=O) groups excluding carboxylic acids is 1. The van der Waals surface area contributed by atoms with Gasteiger partial charge in [-0.2, -0.15) is 0 Å². The van der Waals surface area contributed by atoms with Gasteiger partial charge in [-0.1, -0.05) is 17.8 Å². The summed E-state index contributed by atoms with van der Waals surface area (Å²) in [5, 5.41) is 14.6. The SMILES string of the molecule is Cc1ccc(F)cc1NC(=O)CSc1nnnn1Cc1ccco1. The molecule has 2 aromatic heterocycles. The van der Waals surface area contributed by atoms with E-state index in [0.29, 0.717) is 23.1 Å². The van der Waals surface area contributed by atoms with Gasteiger partial charge in [0.05, 0.1) is 12.0 Å². The van der Waals surface area contributed by atoms with Gasteiger partial charge in [-0.05, 0) is 47.2 Å². The standard InChI is InChI=1S/C15H14FN5O2S/c1-10-4-5-11(16)7-13(10)17-14(22)9-24-15-18-19-20-21(15)8-12-3-2-6-23-12/h2-7H,8-9H2,1H3,(H,17,22). The Morgan fingerprint density at radius 2 is 2.29 bits per heavy atom. The van der Waals surface area contributed by atoms with E-state index in [9.17, 15) is 9.18 Å². The molecule has 0 unspecified atom stereocenters. The van der Waals surface area contributed by atoms with E-state index in [2.05, 4.69) is 20.8 Å². The maximum atomic E-state index is 13.2. The number of hydrogen-bond donors (Lipinski definition) is 1. The predicted molar refractivity (Wildman–Crippen MR) is 86.1 cm³/mol. The van der Waals surface area contributed by atoms with Gasteiger partial charge in [-0.3, -0.25) is 4.79 Å². The van der Waals surface area contributed by atoms with E-state index in [-0.39, 0.29) is 11.7 Å². The van der Waals surface area contributed by atoms with Gasteiger partial charge in [0.15, 0.2) is 0 Å². The molecule has 9 heteroatoms. The smallest absolute Gasteiger partial charge is 0.234 e. The number of halogens is 1. The second-order valence-corrected chi connectivity index (χ2v) is 5.94. The first kappa shape index (κ1) is 16.2. The van der Waals surface area contributed by atoms with E-state index in [1.54, 1.807) is 30.0 Å². The van der Waals surface area contributed by atoms with Crippen molar-refractivity contribution in [1.82, 2.24) is 20.2 Å². The number of furan rings is 1. The van der Waals surface area contributed by atoms with Gasteiger partial charge in [0.1, 0.15) is 18.1 Å². The molecule has 3 rings (SSSR count). The number of aromatic nitrogens is 4. The lowest BCUT2D eigenvalue weighted by Crippen LogP contribution is -2.15. The van der Waals surface area contributed by atoms with Crippen LogP contribution in [0.2, 0.25) is 0 Å². The summed E-state index contributed by atoms with van der Waals surface area (Å²) in [5.41, 5.74) is 1.24. The quantitative estimate of drug-likeness (QED) is 0.690. The molecule has 0 fully saturated rings. The minimum atomic E-state index is -0.397. The molecule has 3 aromatic rings. The van der Waals surface area contributed by atoms with Crippen LogP contribution in [-0.2, 0) is 11.3 Å². The molecule has 0 aliphatic carbocycles. The summed E-state index contributed by atoms with van der Waals surface area (Å²) < 4.78 is 20.0. The molecule has 0 atom stereocenters. The average molecular weight is 347 g/mol. The monoisotopic (exact) mass is 347 g/mol. The van der Waals surface area contributed by atoms with E-state index >= 15 is 0 Å². The highest BCUT2D eigenvalue weighted by atomic mass is 32.2. The second kappa shape index (κ2) is 7.26. The molecule has 2 heterocycles. The number of tetrazole rings is 1. The highest BCUT2D eigenvalue weighted by Gasteiger charge is 2.12. The zero-order chi connectivity index (χ0) is 16.9. The zero-order valence-electron chi connectivity index (χ0n) is 12.8. The Balaban J connectivity index is 1.59. The average Bonchev–Trinajstić information content (AvgIpc) is 3.21. The number of carbonyl (C=O) groups is 1. The summed E-state index contributed by atoms with van der Waals surface area (Å²) >= 11 is 1.19. The van der Waals surface area contributed by atoms with Crippen LogP contribution in [0, 0.1) is 12.7 Å². The van der Waals surface area contributed by atoms with Crippen LogP contribution >= 0.6 is 11.8 Å². The minimum absolute atomic E-state index is 0.106. The Labute approximate surface area is 141 Å². The van der Waals surface area contributed by atoms with Crippen LogP contribution in [0.5, 0.6) is 0 Å². The van der Waals surface area contributed by atoms with Crippen molar-refractivity contribution in [3.05, 3.63) is 53.7 Å². The molecule has 7 nitrogen and oxygen atoms in total. The molecule has 1 aromatic carbocycles. The first-order valence-electron chi connectivity index (χ1n) is 7.09. The predicted octanol–water partition coefficient (Wildman–Crippen LogP) is 2.49. The summed E-state index contributed by atoms with van der Waals surface area (Å²) in [4.78, 5) is 12.0. The Morgan fingerprint density at radius 1 is 1.42 bits per heavy atom.